The van der Waals surface area contributed by atoms with Crippen molar-refractivity contribution >= 4 is 38.3 Å². The molecule has 0 bridgehead atoms. The Hall–Kier alpha value is -3.57. The van der Waals surface area contributed by atoms with Gasteiger partial charge in [0.25, 0.3) is 5.09 Å². The number of benzene rings is 1. The van der Waals surface area contributed by atoms with Crippen LogP contribution in [0.15, 0.2) is 54.9 Å². The van der Waals surface area contributed by atoms with Gasteiger partial charge in [0.1, 0.15) is 12.7 Å². The van der Waals surface area contributed by atoms with Crippen LogP contribution in [0.3, 0.4) is 0 Å². The van der Waals surface area contributed by atoms with E-state index >= 15 is 0 Å². The zero-order valence-corrected chi connectivity index (χ0v) is 18.3. The van der Waals surface area contributed by atoms with E-state index in [4.69, 9.17) is 15.3 Å². The lowest BCUT2D eigenvalue weighted by Gasteiger charge is -2.44. The van der Waals surface area contributed by atoms with Crippen molar-refractivity contribution in [2.75, 3.05) is 11.9 Å². The average Bonchev–Trinajstić information content (AvgIpc) is 3.21. The first-order chi connectivity index (χ1) is 16.0. The summed E-state index contributed by atoms with van der Waals surface area (Å²) < 4.78 is 6.31. The van der Waals surface area contributed by atoms with Crippen LogP contribution >= 0.6 is 11.3 Å². The fourth-order valence-electron chi connectivity index (χ4n) is 4.08. The molecule has 0 radical (unpaired) electrons. The second kappa shape index (κ2) is 9.92. The zero-order chi connectivity index (χ0) is 23.4. The maximum Gasteiger partial charge on any atom is 0.309 e. The summed E-state index contributed by atoms with van der Waals surface area (Å²) in [6.07, 6.45) is 2.52. The second-order valence-corrected chi connectivity index (χ2v) is 8.82. The van der Waals surface area contributed by atoms with Gasteiger partial charge in [-0.1, -0.05) is 30.3 Å². The summed E-state index contributed by atoms with van der Waals surface area (Å²) in [6.45, 7) is -0.0397. The molecule has 172 valence electrons. The number of anilines is 1. The fourth-order valence-corrected chi connectivity index (χ4v) is 5.01. The van der Waals surface area contributed by atoms with Gasteiger partial charge >= 0.3 is 5.97 Å². The molecule has 3 unspecified atom stereocenters. The molecule has 3 N–H and O–H groups in total. The predicted molar refractivity (Wildman–Crippen MR) is 120 cm³/mol. The highest BCUT2D eigenvalue weighted by Gasteiger charge is 2.53. The third-order valence-electron chi connectivity index (χ3n) is 5.75. The third kappa shape index (κ3) is 5.10. The van der Waals surface area contributed by atoms with Crippen LogP contribution in [0.25, 0.3) is 10.1 Å². The molecule has 2 heterocycles. The first-order valence-electron chi connectivity index (χ1n) is 10.3. The van der Waals surface area contributed by atoms with Gasteiger partial charge < -0.3 is 20.6 Å². The SMILES string of the molecule is NCC(C(=O)Nc1cc2ccncc2s1)C1C(O[N+](=O)[O-])C[C@@H]1C(=O)OCc1ccccc1. The number of nitrogens with one attached hydrogen (secondary N) is 1. The molecule has 4 atom stereocenters. The molecule has 11 heteroatoms. The Bertz CT molecular complexity index is 1120. The standard InChI is InChI=1S/C22H22N4O6S/c23-10-16(21(27)25-19-8-14-6-7-24-11-18(14)33-19)20-15(9-17(20)32-26(29)30)22(28)31-12-13-4-2-1-3-5-13/h1-8,11,15-17,20H,9-10,12,23H2,(H,25,27)/t15-,16?,17?,20?/m0/s1. The Morgan fingerprint density at radius 2 is 2.09 bits per heavy atom. The number of carbonyl (C=O) groups excluding carboxylic acids is 2. The minimum Gasteiger partial charge on any atom is -0.461 e. The third-order valence-corrected chi connectivity index (χ3v) is 6.75. The minimum absolute atomic E-state index is 0.0684. The molecule has 1 saturated carbocycles. The molecular weight excluding hydrogens is 448 g/mol. The van der Waals surface area contributed by atoms with E-state index in [1.165, 1.54) is 11.3 Å². The van der Waals surface area contributed by atoms with Crippen LogP contribution in [0.2, 0.25) is 0 Å². The number of rotatable bonds is 9. The van der Waals surface area contributed by atoms with E-state index in [-0.39, 0.29) is 19.6 Å². The Kier molecular flexibility index (Phi) is 6.80. The number of pyridine rings is 1. The van der Waals surface area contributed by atoms with Crippen LogP contribution in [0, 0.1) is 27.9 Å². The molecular formula is C22H22N4O6S. The lowest BCUT2D eigenvalue weighted by molar-refractivity contribution is -0.775. The number of aromatic nitrogens is 1. The van der Waals surface area contributed by atoms with Gasteiger partial charge in [0.05, 0.1) is 21.5 Å². The summed E-state index contributed by atoms with van der Waals surface area (Å²) in [7, 11) is 0. The average molecular weight is 471 g/mol. The van der Waals surface area contributed by atoms with Gasteiger partial charge in [0.15, 0.2) is 0 Å². The first-order valence-corrected chi connectivity index (χ1v) is 11.1. The number of carbonyl (C=O) groups is 2. The highest BCUT2D eigenvalue weighted by Crippen LogP contribution is 2.43. The summed E-state index contributed by atoms with van der Waals surface area (Å²) >= 11 is 1.35. The first kappa shape index (κ1) is 22.6. The van der Waals surface area contributed by atoms with Crippen LogP contribution in [-0.4, -0.2) is 34.6 Å². The molecule has 1 aliphatic carbocycles. The van der Waals surface area contributed by atoms with Crippen molar-refractivity contribution < 1.29 is 24.3 Å². The Morgan fingerprint density at radius 1 is 1.30 bits per heavy atom. The maximum atomic E-state index is 13.1. The van der Waals surface area contributed by atoms with Gasteiger partial charge in [-0.05, 0) is 29.5 Å². The van der Waals surface area contributed by atoms with E-state index in [1.807, 2.05) is 42.5 Å². The largest absolute Gasteiger partial charge is 0.461 e. The van der Waals surface area contributed by atoms with E-state index in [9.17, 15) is 19.7 Å². The Balaban J connectivity index is 1.47. The quantitative estimate of drug-likeness (QED) is 0.276. The van der Waals surface area contributed by atoms with E-state index in [2.05, 4.69) is 10.3 Å². The van der Waals surface area contributed by atoms with Crippen molar-refractivity contribution in [2.24, 2.45) is 23.5 Å². The van der Waals surface area contributed by atoms with Gasteiger partial charge in [0, 0.05) is 24.9 Å². The van der Waals surface area contributed by atoms with Crippen molar-refractivity contribution in [1.82, 2.24) is 4.98 Å². The number of fused-ring (bicyclic) bond motifs is 1. The number of amides is 1. The van der Waals surface area contributed by atoms with Gasteiger partial charge in [0.2, 0.25) is 5.91 Å². The number of nitrogens with zero attached hydrogens (tertiary/aromatic N) is 2. The number of esters is 1. The summed E-state index contributed by atoms with van der Waals surface area (Å²) in [4.78, 5) is 45.5. The Morgan fingerprint density at radius 3 is 2.79 bits per heavy atom. The summed E-state index contributed by atoms with van der Waals surface area (Å²) in [5.41, 5.74) is 6.70. The zero-order valence-electron chi connectivity index (χ0n) is 17.5. The van der Waals surface area contributed by atoms with Crippen molar-refractivity contribution in [1.29, 1.82) is 0 Å². The van der Waals surface area contributed by atoms with Crippen molar-refractivity contribution in [3.63, 3.8) is 0 Å². The molecule has 2 aromatic heterocycles. The smallest absolute Gasteiger partial charge is 0.309 e. The molecule has 0 aliphatic heterocycles. The lowest BCUT2D eigenvalue weighted by Crippen LogP contribution is -2.55. The fraction of sp³-hybridized carbons (Fsp3) is 0.318. The van der Waals surface area contributed by atoms with Crippen molar-refractivity contribution in [3.05, 3.63) is 70.5 Å². The molecule has 0 spiro atoms. The van der Waals surface area contributed by atoms with Gasteiger partial charge in [-0.15, -0.1) is 21.5 Å². The number of ether oxygens (including phenoxy) is 1. The van der Waals surface area contributed by atoms with Crippen LogP contribution in [0.5, 0.6) is 0 Å². The monoisotopic (exact) mass is 470 g/mol. The maximum absolute atomic E-state index is 13.1. The summed E-state index contributed by atoms with van der Waals surface area (Å²) in [6, 6.07) is 12.8. The predicted octanol–water partition coefficient (Wildman–Crippen LogP) is 2.77. The highest BCUT2D eigenvalue weighted by molar-refractivity contribution is 7.22. The molecule has 1 aromatic carbocycles. The lowest BCUT2D eigenvalue weighted by atomic mass is 9.64. The summed E-state index contributed by atoms with van der Waals surface area (Å²) in [5, 5.41) is 14.4. The molecule has 33 heavy (non-hydrogen) atoms. The topological polar surface area (TPSA) is 147 Å². The number of hydrogen-bond acceptors (Lipinski definition) is 9. The molecule has 3 aromatic rings. The Labute approximate surface area is 192 Å². The van der Waals surface area contributed by atoms with Gasteiger partial charge in [-0.3, -0.25) is 14.6 Å². The van der Waals surface area contributed by atoms with Crippen molar-refractivity contribution in [3.8, 4) is 0 Å². The molecule has 1 amide bonds. The highest BCUT2D eigenvalue weighted by atomic mass is 32.1. The molecule has 1 fully saturated rings. The molecule has 10 nitrogen and oxygen atoms in total. The minimum atomic E-state index is -0.916. The normalized spacial score (nSPS) is 20.5. The van der Waals surface area contributed by atoms with Crippen molar-refractivity contribution in [2.45, 2.75) is 19.1 Å². The number of hydrogen-bond donors (Lipinski definition) is 2. The second-order valence-electron chi connectivity index (χ2n) is 7.74. The van der Waals surface area contributed by atoms with Crippen LogP contribution in [0.1, 0.15) is 12.0 Å². The molecule has 0 saturated heterocycles. The molecule has 1 aliphatic rings. The van der Waals surface area contributed by atoms with Gasteiger partial charge in [-0.25, -0.2) is 0 Å². The van der Waals surface area contributed by atoms with E-state index < -0.39 is 40.8 Å². The van der Waals surface area contributed by atoms with Crippen LogP contribution in [0.4, 0.5) is 5.00 Å². The molecule has 4 rings (SSSR count). The van der Waals surface area contributed by atoms with E-state index in [1.54, 1.807) is 12.4 Å². The van der Waals surface area contributed by atoms with Crippen LogP contribution < -0.4 is 11.1 Å². The van der Waals surface area contributed by atoms with Crippen LogP contribution in [-0.2, 0) is 25.8 Å². The summed E-state index contributed by atoms with van der Waals surface area (Å²) in [5.74, 6) is -3.35. The number of thiophene rings is 1. The number of nitrogens with two attached hydrogens (primary N) is 1. The van der Waals surface area contributed by atoms with E-state index in [0.29, 0.717) is 5.00 Å². The van der Waals surface area contributed by atoms with Gasteiger partial charge in [-0.2, -0.15) is 0 Å². The van der Waals surface area contributed by atoms with E-state index in [0.717, 1.165) is 15.6 Å².